The third-order valence-electron chi connectivity index (χ3n) is 3.86. The van der Waals surface area contributed by atoms with Crippen molar-refractivity contribution in [3.8, 4) is 0 Å². The van der Waals surface area contributed by atoms with Crippen LogP contribution in [-0.4, -0.2) is 55.7 Å². The van der Waals surface area contributed by atoms with Gasteiger partial charge in [-0.2, -0.15) is 0 Å². The van der Waals surface area contributed by atoms with Gasteiger partial charge in [-0.3, -0.25) is 4.79 Å². The fourth-order valence-corrected chi connectivity index (χ4v) is 2.72. The van der Waals surface area contributed by atoms with Crippen LogP contribution in [-0.2, 0) is 14.3 Å². The van der Waals surface area contributed by atoms with E-state index in [0.29, 0.717) is 18.7 Å². The van der Waals surface area contributed by atoms with E-state index in [0.717, 1.165) is 11.3 Å². The molecular formula is C17H24N2O4. The molecule has 1 heterocycles. The molecule has 0 radical (unpaired) electrons. The fraction of sp³-hybridized carbons (Fsp3) is 0.529. The number of rotatable bonds is 4. The topological polar surface area (TPSA) is 67.9 Å². The standard InChI is InChI=1S/C17H24N2O4/c1-11-5-6-14(17(21)22-4)7-15(11)18-8-16(20)19-9-12(2)23-13(3)10-19/h5-7,12-13,18H,8-10H2,1-4H3. The first-order valence-electron chi connectivity index (χ1n) is 7.76. The van der Waals surface area contributed by atoms with Gasteiger partial charge < -0.3 is 19.7 Å². The molecule has 1 aliphatic rings. The van der Waals surface area contributed by atoms with Gasteiger partial charge in [0.2, 0.25) is 5.91 Å². The maximum atomic E-state index is 12.4. The number of ether oxygens (including phenoxy) is 2. The van der Waals surface area contributed by atoms with E-state index in [1.165, 1.54) is 7.11 Å². The molecule has 2 unspecified atom stereocenters. The van der Waals surface area contributed by atoms with Crippen molar-refractivity contribution in [1.29, 1.82) is 0 Å². The highest BCUT2D eigenvalue weighted by Gasteiger charge is 2.25. The summed E-state index contributed by atoms with van der Waals surface area (Å²) in [5, 5.41) is 3.12. The van der Waals surface area contributed by atoms with E-state index in [2.05, 4.69) is 5.32 Å². The lowest BCUT2D eigenvalue weighted by Crippen LogP contribution is -2.49. The maximum absolute atomic E-state index is 12.4. The van der Waals surface area contributed by atoms with Crippen LogP contribution in [0, 0.1) is 6.92 Å². The van der Waals surface area contributed by atoms with Crippen LogP contribution < -0.4 is 5.32 Å². The summed E-state index contributed by atoms with van der Waals surface area (Å²) in [6, 6.07) is 5.25. The lowest BCUT2D eigenvalue weighted by atomic mass is 10.1. The van der Waals surface area contributed by atoms with Gasteiger partial charge >= 0.3 is 5.97 Å². The average Bonchev–Trinajstić information content (AvgIpc) is 2.52. The Morgan fingerprint density at radius 3 is 2.57 bits per heavy atom. The van der Waals surface area contributed by atoms with Crippen molar-refractivity contribution in [2.75, 3.05) is 32.1 Å². The van der Waals surface area contributed by atoms with E-state index < -0.39 is 5.97 Å². The minimum Gasteiger partial charge on any atom is -0.465 e. The second kappa shape index (κ2) is 7.46. The molecule has 1 fully saturated rings. The number of amides is 1. The SMILES string of the molecule is COC(=O)c1ccc(C)c(NCC(=O)N2CC(C)OC(C)C2)c1. The number of hydrogen-bond acceptors (Lipinski definition) is 5. The van der Waals surface area contributed by atoms with Crippen LogP contribution in [0.5, 0.6) is 0 Å². The highest BCUT2D eigenvalue weighted by atomic mass is 16.5. The molecule has 1 N–H and O–H groups in total. The van der Waals surface area contributed by atoms with Crippen molar-refractivity contribution >= 4 is 17.6 Å². The Kier molecular flexibility index (Phi) is 5.60. The van der Waals surface area contributed by atoms with Gasteiger partial charge in [0.1, 0.15) is 0 Å². The monoisotopic (exact) mass is 320 g/mol. The molecule has 0 aliphatic carbocycles. The second-order valence-corrected chi connectivity index (χ2v) is 5.93. The van der Waals surface area contributed by atoms with Crippen LogP contribution in [0.3, 0.4) is 0 Å². The van der Waals surface area contributed by atoms with E-state index in [1.54, 1.807) is 12.1 Å². The predicted molar refractivity (Wildman–Crippen MR) is 87.6 cm³/mol. The van der Waals surface area contributed by atoms with Gasteiger partial charge in [-0.25, -0.2) is 4.79 Å². The van der Waals surface area contributed by atoms with Crippen molar-refractivity contribution in [2.24, 2.45) is 0 Å². The molecule has 23 heavy (non-hydrogen) atoms. The Balaban J connectivity index is 2.00. The number of benzene rings is 1. The molecule has 6 nitrogen and oxygen atoms in total. The Morgan fingerprint density at radius 1 is 1.30 bits per heavy atom. The molecule has 6 heteroatoms. The van der Waals surface area contributed by atoms with Gasteiger partial charge in [-0.1, -0.05) is 6.07 Å². The first-order valence-corrected chi connectivity index (χ1v) is 7.76. The molecule has 1 aromatic carbocycles. The number of nitrogens with one attached hydrogen (secondary N) is 1. The average molecular weight is 320 g/mol. The van der Waals surface area contributed by atoms with Gasteiger partial charge in [0.05, 0.1) is 31.4 Å². The van der Waals surface area contributed by atoms with Gasteiger partial charge in [-0.05, 0) is 38.5 Å². The number of morpholine rings is 1. The minimum absolute atomic E-state index is 0.0230. The molecule has 1 aliphatic heterocycles. The molecule has 1 amide bonds. The zero-order chi connectivity index (χ0) is 17.0. The highest BCUT2D eigenvalue weighted by Crippen LogP contribution is 2.18. The molecular weight excluding hydrogens is 296 g/mol. The van der Waals surface area contributed by atoms with Crippen molar-refractivity contribution in [1.82, 2.24) is 4.90 Å². The summed E-state index contributed by atoms with van der Waals surface area (Å²) in [5.74, 6) is -0.370. The molecule has 126 valence electrons. The maximum Gasteiger partial charge on any atom is 0.337 e. The summed E-state index contributed by atoms with van der Waals surface area (Å²) in [7, 11) is 1.35. The second-order valence-electron chi connectivity index (χ2n) is 5.93. The summed E-state index contributed by atoms with van der Waals surface area (Å²) in [4.78, 5) is 25.8. The van der Waals surface area contributed by atoms with Crippen LogP contribution in [0.25, 0.3) is 0 Å². The number of carbonyl (C=O) groups excluding carboxylic acids is 2. The summed E-state index contributed by atoms with van der Waals surface area (Å²) in [6.07, 6.45) is 0.0965. The Morgan fingerprint density at radius 2 is 1.96 bits per heavy atom. The van der Waals surface area contributed by atoms with Gasteiger partial charge in [0, 0.05) is 18.8 Å². The lowest BCUT2D eigenvalue weighted by molar-refractivity contribution is -0.141. The third kappa shape index (κ3) is 4.45. The van der Waals surface area contributed by atoms with Gasteiger partial charge in [0.15, 0.2) is 0 Å². The fourth-order valence-electron chi connectivity index (χ4n) is 2.72. The van der Waals surface area contributed by atoms with E-state index in [-0.39, 0.29) is 24.7 Å². The van der Waals surface area contributed by atoms with E-state index in [4.69, 9.17) is 9.47 Å². The predicted octanol–water partition coefficient (Wildman–Crippen LogP) is 1.83. The van der Waals surface area contributed by atoms with Gasteiger partial charge in [0.25, 0.3) is 0 Å². The van der Waals surface area contributed by atoms with E-state index >= 15 is 0 Å². The number of anilines is 1. The molecule has 1 aromatic rings. The van der Waals surface area contributed by atoms with Crippen molar-refractivity contribution < 1.29 is 19.1 Å². The lowest BCUT2D eigenvalue weighted by Gasteiger charge is -2.35. The van der Waals surface area contributed by atoms with Crippen molar-refractivity contribution in [3.05, 3.63) is 29.3 Å². The number of carbonyl (C=O) groups is 2. The molecule has 0 saturated carbocycles. The molecule has 2 rings (SSSR count). The first kappa shape index (κ1) is 17.3. The normalized spacial score (nSPS) is 21.0. The molecule has 2 atom stereocenters. The molecule has 0 bridgehead atoms. The van der Waals surface area contributed by atoms with E-state index in [9.17, 15) is 9.59 Å². The number of nitrogens with zero attached hydrogens (tertiary/aromatic N) is 1. The quantitative estimate of drug-likeness (QED) is 0.857. The first-order chi connectivity index (χ1) is 10.9. The Bertz CT molecular complexity index is 578. The van der Waals surface area contributed by atoms with Gasteiger partial charge in [-0.15, -0.1) is 0 Å². The number of hydrogen-bond donors (Lipinski definition) is 1. The zero-order valence-corrected chi connectivity index (χ0v) is 14.1. The number of esters is 1. The molecule has 1 saturated heterocycles. The zero-order valence-electron chi connectivity index (χ0n) is 14.1. The number of methoxy groups -OCH3 is 1. The van der Waals surface area contributed by atoms with Crippen LogP contribution in [0.4, 0.5) is 5.69 Å². The van der Waals surface area contributed by atoms with Crippen LogP contribution in [0.2, 0.25) is 0 Å². The Labute approximate surface area is 136 Å². The molecule has 0 aromatic heterocycles. The summed E-state index contributed by atoms with van der Waals surface area (Å²) in [5.41, 5.74) is 2.19. The van der Waals surface area contributed by atoms with E-state index in [1.807, 2.05) is 31.7 Å². The van der Waals surface area contributed by atoms with Crippen molar-refractivity contribution in [3.63, 3.8) is 0 Å². The summed E-state index contributed by atoms with van der Waals surface area (Å²) >= 11 is 0. The summed E-state index contributed by atoms with van der Waals surface area (Å²) < 4.78 is 10.4. The van der Waals surface area contributed by atoms with Crippen LogP contribution in [0.15, 0.2) is 18.2 Å². The van der Waals surface area contributed by atoms with Crippen molar-refractivity contribution in [2.45, 2.75) is 33.0 Å². The Hall–Kier alpha value is -2.08. The third-order valence-corrected chi connectivity index (χ3v) is 3.86. The summed E-state index contributed by atoms with van der Waals surface area (Å²) in [6.45, 7) is 7.25. The number of aryl methyl sites for hydroxylation is 1. The minimum atomic E-state index is -0.393. The smallest absolute Gasteiger partial charge is 0.337 e. The highest BCUT2D eigenvalue weighted by molar-refractivity contribution is 5.91. The largest absolute Gasteiger partial charge is 0.465 e. The van der Waals surface area contributed by atoms with Crippen LogP contribution in [0.1, 0.15) is 29.8 Å². The van der Waals surface area contributed by atoms with Crippen LogP contribution >= 0.6 is 0 Å². The molecule has 0 spiro atoms.